The number of hydrogen-bond acceptors (Lipinski definition) is 3. The van der Waals surface area contributed by atoms with Gasteiger partial charge in [0.15, 0.2) is 0 Å². The van der Waals surface area contributed by atoms with Gasteiger partial charge in [0.05, 0.1) is 22.7 Å². The number of nitrogens with two attached hydrogens (primary N) is 1. The molecule has 98 valence electrons. The second-order valence-corrected chi connectivity index (χ2v) is 6.22. The Morgan fingerprint density at radius 1 is 1.47 bits per heavy atom. The van der Waals surface area contributed by atoms with Gasteiger partial charge in [0.2, 0.25) is 5.95 Å². The number of rotatable bonds is 1. The summed E-state index contributed by atoms with van der Waals surface area (Å²) in [6, 6.07) is 8.14. The van der Waals surface area contributed by atoms with Gasteiger partial charge in [-0.25, -0.2) is 4.98 Å². The predicted octanol–water partition coefficient (Wildman–Crippen LogP) is 3.24. The van der Waals surface area contributed by atoms with E-state index < -0.39 is 0 Å². The number of aromatic nitrogens is 2. The third-order valence-corrected chi connectivity index (χ3v) is 4.15. The molecule has 1 fully saturated rings. The smallest absolute Gasteiger partial charge is 0.201 e. The van der Waals surface area contributed by atoms with E-state index in [9.17, 15) is 0 Å². The molecule has 0 spiro atoms. The molecule has 1 aromatic heterocycles. The first-order chi connectivity index (χ1) is 9.00. The van der Waals surface area contributed by atoms with Crippen LogP contribution in [0, 0.1) is 16.7 Å². The van der Waals surface area contributed by atoms with Crippen LogP contribution in [0.2, 0.25) is 0 Å². The first kappa shape index (κ1) is 12.0. The van der Waals surface area contributed by atoms with E-state index in [1.807, 2.05) is 12.1 Å². The van der Waals surface area contributed by atoms with E-state index in [0.29, 0.717) is 23.0 Å². The van der Waals surface area contributed by atoms with Gasteiger partial charge in [-0.3, -0.25) is 0 Å². The third kappa shape index (κ3) is 1.95. The lowest BCUT2D eigenvalue weighted by molar-refractivity contribution is 0.361. The van der Waals surface area contributed by atoms with Crippen LogP contribution in [0.3, 0.4) is 0 Å². The molecule has 3 rings (SSSR count). The highest BCUT2D eigenvalue weighted by Crippen LogP contribution is 2.45. The normalized spacial score (nSPS) is 21.6. The lowest BCUT2D eigenvalue weighted by atomic mass is 9.92. The van der Waals surface area contributed by atoms with Crippen LogP contribution in [-0.2, 0) is 0 Å². The Kier molecular flexibility index (Phi) is 2.53. The van der Waals surface area contributed by atoms with Gasteiger partial charge in [0, 0.05) is 6.04 Å². The van der Waals surface area contributed by atoms with E-state index in [-0.39, 0.29) is 0 Å². The molecule has 2 N–H and O–H groups in total. The maximum Gasteiger partial charge on any atom is 0.201 e. The van der Waals surface area contributed by atoms with Crippen LogP contribution in [0.5, 0.6) is 0 Å². The minimum Gasteiger partial charge on any atom is -0.369 e. The number of nitrogen functional groups attached to an aromatic ring is 1. The second-order valence-electron chi connectivity index (χ2n) is 6.22. The molecule has 1 aliphatic rings. The van der Waals surface area contributed by atoms with Crippen molar-refractivity contribution in [2.24, 2.45) is 5.41 Å². The van der Waals surface area contributed by atoms with Crippen LogP contribution in [0.1, 0.15) is 44.7 Å². The van der Waals surface area contributed by atoms with E-state index in [4.69, 9.17) is 11.0 Å². The Morgan fingerprint density at radius 2 is 2.26 bits per heavy atom. The lowest BCUT2D eigenvalue weighted by Crippen LogP contribution is -2.11. The average molecular weight is 254 g/mol. The number of benzene rings is 1. The molecule has 1 aromatic carbocycles. The fraction of sp³-hybridized carbons (Fsp3) is 0.467. The van der Waals surface area contributed by atoms with Gasteiger partial charge in [-0.05, 0) is 42.9 Å². The van der Waals surface area contributed by atoms with E-state index in [1.54, 1.807) is 6.07 Å². The van der Waals surface area contributed by atoms with Gasteiger partial charge in [0.1, 0.15) is 0 Å². The minimum atomic E-state index is 0.362. The van der Waals surface area contributed by atoms with Crippen molar-refractivity contribution in [2.75, 3.05) is 5.73 Å². The maximum atomic E-state index is 9.03. The van der Waals surface area contributed by atoms with Gasteiger partial charge in [0.25, 0.3) is 0 Å². The van der Waals surface area contributed by atoms with Gasteiger partial charge in [-0.15, -0.1) is 0 Å². The zero-order valence-corrected chi connectivity index (χ0v) is 11.3. The topological polar surface area (TPSA) is 67.6 Å². The van der Waals surface area contributed by atoms with E-state index in [1.165, 1.54) is 6.42 Å². The third-order valence-electron chi connectivity index (χ3n) is 4.15. The summed E-state index contributed by atoms with van der Waals surface area (Å²) >= 11 is 0. The summed E-state index contributed by atoms with van der Waals surface area (Å²) in [7, 11) is 0. The molecule has 1 atom stereocenters. The fourth-order valence-corrected chi connectivity index (χ4v) is 3.18. The molecule has 0 saturated heterocycles. The van der Waals surface area contributed by atoms with E-state index >= 15 is 0 Å². The molecule has 0 bridgehead atoms. The van der Waals surface area contributed by atoms with Crippen LogP contribution in [0.15, 0.2) is 18.2 Å². The van der Waals surface area contributed by atoms with Gasteiger partial charge < -0.3 is 10.3 Å². The first-order valence-corrected chi connectivity index (χ1v) is 6.68. The molecule has 1 aliphatic carbocycles. The minimum absolute atomic E-state index is 0.362. The summed E-state index contributed by atoms with van der Waals surface area (Å²) in [5.41, 5.74) is 8.96. The molecule has 19 heavy (non-hydrogen) atoms. The van der Waals surface area contributed by atoms with Crippen LogP contribution in [-0.4, -0.2) is 9.55 Å². The largest absolute Gasteiger partial charge is 0.369 e. The summed E-state index contributed by atoms with van der Waals surface area (Å²) < 4.78 is 2.12. The molecule has 1 heterocycles. The van der Waals surface area contributed by atoms with Crippen molar-refractivity contribution in [3.05, 3.63) is 23.8 Å². The highest BCUT2D eigenvalue weighted by atomic mass is 15.2. The van der Waals surface area contributed by atoms with Gasteiger partial charge >= 0.3 is 0 Å². The Bertz CT molecular complexity index is 675. The van der Waals surface area contributed by atoms with Crippen molar-refractivity contribution in [3.63, 3.8) is 0 Å². The highest BCUT2D eigenvalue weighted by molar-refractivity contribution is 5.80. The first-order valence-electron chi connectivity index (χ1n) is 6.68. The highest BCUT2D eigenvalue weighted by Gasteiger charge is 2.33. The van der Waals surface area contributed by atoms with Gasteiger partial charge in [-0.1, -0.05) is 13.8 Å². The molecule has 2 aromatic rings. The van der Waals surface area contributed by atoms with Crippen LogP contribution >= 0.6 is 0 Å². The Hall–Kier alpha value is -2.02. The zero-order valence-electron chi connectivity index (χ0n) is 11.3. The predicted molar refractivity (Wildman–Crippen MR) is 75.5 cm³/mol. The van der Waals surface area contributed by atoms with Crippen molar-refractivity contribution in [1.82, 2.24) is 9.55 Å². The SMILES string of the molecule is CC1(C)CCC(n2c(N)nc3ccc(C#N)cc32)C1. The molecule has 0 aliphatic heterocycles. The summed E-state index contributed by atoms with van der Waals surface area (Å²) in [4.78, 5) is 4.41. The standard InChI is InChI=1S/C15H18N4/c1-15(2)6-5-11(8-15)19-13-7-10(9-16)3-4-12(13)18-14(19)17/h3-4,7,11H,5-6,8H2,1-2H3,(H2,17,18). The molecular formula is C15H18N4. The average Bonchev–Trinajstić information content (AvgIpc) is 2.87. The number of imidazole rings is 1. The molecule has 4 heteroatoms. The number of fused-ring (bicyclic) bond motifs is 1. The van der Waals surface area contributed by atoms with Crippen LogP contribution < -0.4 is 5.73 Å². The Morgan fingerprint density at radius 3 is 2.89 bits per heavy atom. The molecule has 0 amide bonds. The van der Waals surface area contributed by atoms with E-state index in [2.05, 4.69) is 29.5 Å². The van der Waals surface area contributed by atoms with Crippen molar-refractivity contribution in [2.45, 2.75) is 39.2 Å². The van der Waals surface area contributed by atoms with Crippen LogP contribution in [0.4, 0.5) is 5.95 Å². The Balaban J connectivity index is 2.13. The summed E-state index contributed by atoms with van der Waals surface area (Å²) in [6.45, 7) is 4.59. The molecule has 1 unspecified atom stereocenters. The number of nitriles is 1. The lowest BCUT2D eigenvalue weighted by Gasteiger charge is -2.19. The quantitative estimate of drug-likeness (QED) is 0.849. The maximum absolute atomic E-state index is 9.03. The second kappa shape index (κ2) is 3.99. The molecular weight excluding hydrogens is 236 g/mol. The summed E-state index contributed by atoms with van der Waals surface area (Å²) in [5.74, 6) is 0.563. The Labute approximate surface area is 112 Å². The molecule has 1 saturated carbocycles. The van der Waals surface area contributed by atoms with Crippen molar-refractivity contribution in [1.29, 1.82) is 5.26 Å². The number of anilines is 1. The summed E-state index contributed by atoms with van der Waals surface area (Å²) in [6.07, 6.45) is 3.44. The molecule has 4 nitrogen and oxygen atoms in total. The van der Waals surface area contributed by atoms with Crippen molar-refractivity contribution in [3.8, 4) is 6.07 Å². The van der Waals surface area contributed by atoms with E-state index in [0.717, 1.165) is 23.9 Å². The monoisotopic (exact) mass is 254 g/mol. The fourth-order valence-electron chi connectivity index (χ4n) is 3.18. The number of nitrogens with zero attached hydrogens (tertiary/aromatic N) is 3. The van der Waals surface area contributed by atoms with Crippen molar-refractivity contribution < 1.29 is 0 Å². The van der Waals surface area contributed by atoms with Gasteiger partial charge in [-0.2, -0.15) is 5.26 Å². The zero-order chi connectivity index (χ0) is 13.6. The summed E-state index contributed by atoms with van der Waals surface area (Å²) in [5, 5.41) is 9.03. The molecule has 0 radical (unpaired) electrons. The number of hydrogen-bond donors (Lipinski definition) is 1. The van der Waals surface area contributed by atoms with Crippen molar-refractivity contribution >= 4 is 17.0 Å². The van der Waals surface area contributed by atoms with Crippen LogP contribution in [0.25, 0.3) is 11.0 Å².